The minimum atomic E-state index is -2.66. The highest BCUT2D eigenvalue weighted by Crippen LogP contribution is 2.38. The minimum Gasteiger partial charge on any atom is -0.456 e. The van der Waals surface area contributed by atoms with Crippen molar-refractivity contribution in [1.29, 1.82) is 0 Å². The van der Waals surface area contributed by atoms with Crippen molar-refractivity contribution in [2.24, 2.45) is 29.6 Å². The summed E-state index contributed by atoms with van der Waals surface area (Å²) in [6.45, 7) is 10.7. The standard InChI is InChI=1S/C41H65NO12/c1-8-28-16-22(2)15-23(3)17-33(46)37-34(47)19-25(5)41(51,54-37)38(48)39(49)42-14-10-9-11-29(42)40(50)53-36(26(6)31(44)21-32(28)45)24(4)18-27-12-13-30(43)35(20-27)52-7/h16,18,23,25-31,33-37,43-44,46-47,51H,8-15,17,19-21H2,1-7H3/b22-16+,24-18+/t23-,25+,26+,27-,28+,29-,30+,31-,33-,34-,35+,36+,37+,41+/m0/s1. The Kier molecular flexibility index (Phi) is 15.6. The van der Waals surface area contributed by atoms with E-state index in [0.717, 1.165) is 10.5 Å². The largest absolute Gasteiger partial charge is 0.456 e. The van der Waals surface area contributed by atoms with Crippen LogP contribution in [0.2, 0.25) is 0 Å². The highest BCUT2D eigenvalue weighted by Gasteiger charge is 2.56. The van der Waals surface area contributed by atoms with E-state index in [0.29, 0.717) is 50.5 Å². The maximum Gasteiger partial charge on any atom is 0.329 e. The first-order valence-corrected chi connectivity index (χ1v) is 20.0. The second-order valence-electron chi connectivity index (χ2n) is 16.7. The van der Waals surface area contributed by atoms with Gasteiger partial charge in [0.2, 0.25) is 5.79 Å². The molecule has 3 aliphatic heterocycles. The molecule has 0 spiro atoms. The summed E-state index contributed by atoms with van der Waals surface area (Å²) in [6.07, 6.45) is 0.663. The van der Waals surface area contributed by atoms with E-state index >= 15 is 0 Å². The molecule has 1 amide bonds. The van der Waals surface area contributed by atoms with Gasteiger partial charge in [0.25, 0.3) is 11.7 Å². The number of ether oxygens (including phenoxy) is 3. The van der Waals surface area contributed by atoms with Crippen LogP contribution >= 0.6 is 0 Å². The predicted molar refractivity (Wildman–Crippen MR) is 198 cm³/mol. The molecule has 4 rings (SSSR count). The van der Waals surface area contributed by atoms with Gasteiger partial charge in [-0.15, -0.1) is 0 Å². The van der Waals surface area contributed by atoms with Crippen molar-refractivity contribution in [1.82, 2.24) is 4.90 Å². The molecule has 306 valence electrons. The monoisotopic (exact) mass is 763 g/mol. The van der Waals surface area contributed by atoms with Crippen LogP contribution in [0, 0.1) is 29.6 Å². The summed E-state index contributed by atoms with van der Waals surface area (Å²) in [7, 11) is 1.55. The molecule has 1 aliphatic carbocycles. The van der Waals surface area contributed by atoms with Crippen LogP contribution in [0.1, 0.15) is 112 Å². The van der Waals surface area contributed by atoms with Crippen molar-refractivity contribution >= 4 is 23.4 Å². The highest BCUT2D eigenvalue weighted by molar-refractivity contribution is 6.39. The van der Waals surface area contributed by atoms with E-state index < -0.39 is 83.9 Å². The molecule has 3 heterocycles. The zero-order valence-electron chi connectivity index (χ0n) is 33.2. The number of aliphatic hydroxyl groups excluding tert-OH is 4. The van der Waals surface area contributed by atoms with Crippen LogP contribution in [0.4, 0.5) is 0 Å². The van der Waals surface area contributed by atoms with Crippen LogP contribution in [-0.4, -0.2) is 122 Å². The zero-order valence-corrected chi connectivity index (χ0v) is 33.2. The van der Waals surface area contributed by atoms with E-state index in [1.807, 2.05) is 32.9 Å². The Morgan fingerprint density at radius 1 is 0.944 bits per heavy atom. The lowest BCUT2D eigenvalue weighted by molar-refractivity contribution is -0.298. The molecule has 0 aromatic carbocycles. The number of nitrogens with zero attached hydrogens (tertiary/aromatic N) is 1. The molecule has 3 fully saturated rings. The number of aliphatic hydroxyl groups is 5. The molecule has 2 saturated heterocycles. The average molecular weight is 764 g/mol. The molecule has 54 heavy (non-hydrogen) atoms. The molecular weight excluding hydrogens is 698 g/mol. The second-order valence-corrected chi connectivity index (χ2v) is 16.7. The van der Waals surface area contributed by atoms with Gasteiger partial charge in [0, 0.05) is 37.8 Å². The van der Waals surface area contributed by atoms with Gasteiger partial charge in [0.15, 0.2) is 0 Å². The summed E-state index contributed by atoms with van der Waals surface area (Å²) in [5.74, 6) is -8.42. The number of hydrogen-bond donors (Lipinski definition) is 5. The first-order valence-electron chi connectivity index (χ1n) is 20.0. The van der Waals surface area contributed by atoms with Crippen LogP contribution in [0.3, 0.4) is 0 Å². The number of carbonyl (C=O) groups is 4. The summed E-state index contributed by atoms with van der Waals surface area (Å²) in [4.78, 5) is 56.9. The molecular formula is C41H65NO12. The van der Waals surface area contributed by atoms with E-state index in [1.54, 1.807) is 21.0 Å². The van der Waals surface area contributed by atoms with Crippen LogP contribution < -0.4 is 0 Å². The molecule has 0 aromatic rings. The van der Waals surface area contributed by atoms with Gasteiger partial charge in [0.05, 0.1) is 30.5 Å². The Hall–Kier alpha value is -2.52. The Bertz CT molecular complexity index is 1400. The number of Topliss-reactive ketones (excluding diaryl/α,β-unsaturated/α-hetero) is 2. The number of rotatable bonds is 4. The number of methoxy groups -OCH3 is 1. The highest BCUT2D eigenvalue weighted by atomic mass is 16.7. The Labute approximate surface area is 320 Å². The van der Waals surface area contributed by atoms with E-state index in [2.05, 4.69) is 0 Å². The van der Waals surface area contributed by atoms with Crippen LogP contribution in [0.15, 0.2) is 23.3 Å². The van der Waals surface area contributed by atoms with E-state index in [4.69, 9.17) is 14.2 Å². The summed E-state index contributed by atoms with van der Waals surface area (Å²) >= 11 is 0. The third-order valence-electron chi connectivity index (χ3n) is 12.3. The SMILES string of the molecule is CC[C@@H]1/C=C(\C)C[C@H](C)C[C@H](O)[C@H]2O[C@@](O)(C(=O)C(=O)N3CCCC[C@H]3C(=O)O[C@H](/C(C)=C/[C@@H]3CC[C@@H](O)[C@H](OC)C3)[C@H](C)[C@@H](O)CC1=O)[C@H](C)C[C@@H]2O. The molecule has 14 atom stereocenters. The predicted octanol–water partition coefficient (Wildman–Crippen LogP) is 3.16. The average Bonchev–Trinajstić information content (AvgIpc) is 3.13. The van der Waals surface area contributed by atoms with Crippen molar-refractivity contribution in [2.45, 2.75) is 167 Å². The summed E-state index contributed by atoms with van der Waals surface area (Å²) in [6, 6.07) is -1.18. The third-order valence-corrected chi connectivity index (χ3v) is 12.3. The van der Waals surface area contributed by atoms with Crippen molar-refractivity contribution in [3.63, 3.8) is 0 Å². The first-order chi connectivity index (χ1) is 25.4. The van der Waals surface area contributed by atoms with Gasteiger partial charge in [-0.25, -0.2) is 4.79 Å². The molecule has 13 heteroatoms. The quantitative estimate of drug-likeness (QED) is 0.160. The fourth-order valence-electron chi connectivity index (χ4n) is 8.98. The van der Waals surface area contributed by atoms with Crippen molar-refractivity contribution < 1.29 is 58.9 Å². The number of carbonyl (C=O) groups excluding carboxylic acids is 4. The molecule has 4 aliphatic rings. The van der Waals surface area contributed by atoms with Gasteiger partial charge in [0.1, 0.15) is 24.0 Å². The molecule has 2 bridgehead atoms. The van der Waals surface area contributed by atoms with Crippen LogP contribution in [0.25, 0.3) is 0 Å². The number of esters is 1. The summed E-state index contributed by atoms with van der Waals surface area (Å²) < 4.78 is 17.5. The lowest BCUT2D eigenvalue weighted by atomic mass is 9.81. The van der Waals surface area contributed by atoms with Crippen LogP contribution in [0.5, 0.6) is 0 Å². The molecule has 0 aromatic heterocycles. The van der Waals surface area contributed by atoms with Gasteiger partial charge in [-0.2, -0.15) is 0 Å². The number of cyclic esters (lactones) is 1. The molecule has 5 N–H and O–H groups in total. The van der Waals surface area contributed by atoms with E-state index in [9.17, 15) is 44.7 Å². The van der Waals surface area contributed by atoms with E-state index in [1.165, 1.54) is 6.92 Å². The van der Waals surface area contributed by atoms with Crippen molar-refractivity contribution in [2.75, 3.05) is 13.7 Å². The Morgan fingerprint density at radius 2 is 1.63 bits per heavy atom. The zero-order chi connectivity index (χ0) is 40.1. The maximum atomic E-state index is 14.2. The van der Waals surface area contributed by atoms with Gasteiger partial charge in [-0.1, -0.05) is 45.4 Å². The Balaban J connectivity index is 1.74. The van der Waals surface area contributed by atoms with E-state index in [-0.39, 0.29) is 56.0 Å². The maximum absolute atomic E-state index is 14.2. The van der Waals surface area contributed by atoms with Gasteiger partial charge in [-0.3, -0.25) is 14.4 Å². The Morgan fingerprint density at radius 3 is 2.30 bits per heavy atom. The fraction of sp³-hybridized carbons (Fsp3) is 0.805. The van der Waals surface area contributed by atoms with Crippen molar-refractivity contribution in [3.8, 4) is 0 Å². The normalized spacial score (nSPS) is 42.7. The topological polar surface area (TPSA) is 200 Å². The number of fused-ring (bicyclic) bond motifs is 3. The molecule has 13 nitrogen and oxygen atoms in total. The number of ketones is 2. The summed E-state index contributed by atoms with van der Waals surface area (Å²) in [5, 5.41) is 55.8. The second kappa shape index (κ2) is 19.1. The number of allylic oxidation sites excluding steroid dienone is 3. The van der Waals surface area contributed by atoms with Gasteiger partial charge in [-0.05, 0) is 95.5 Å². The fourth-order valence-corrected chi connectivity index (χ4v) is 8.98. The molecule has 0 unspecified atom stereocenters. The lowest BCUT2D eigenvalue weighted by Crippen LogP contribution is -2.64. The van der Waals surface area contributed by atoms with Gasteiger partial charge < -0.3 is 44.6 Å². The molecule has 1 saturated carbocycles. The minimum absolute atomic E-state index is 0.0161. The summed E-state index contributed by atoms with van der Waals surface area (Å²) in [5.41, 5.74) is 1.54. The third kappa shape index (κ3) is 10.3. The number of hydrogen-bond acceptors (Lipinski definition) is 12. The smallest absolute Gasteiger partial charge is 0.329 e. The van der Waals surface area contributed by atoms with Crippen molar-refractivity contribution in [3.05, 3.63) is 23.3 Å². The number of piperidine rings is 1. The van der Waals surface area contributed by atoms with Crippen LogP contribution in [-0.2, 0) is 33.4 Å². The van der Waals surface area contributed by atoms with Gasteiger partial charge >= 0.3 is 5.97 Å². The lowest BCUT2D eigenvalue weighted by Gasteiger charge is -2.45. The molecule has 0 radical (unpaired) electrons. The number of amides is 1. The first kappa shape index (κ1) is 44.2.